The van der Waals surface area contributed by atoms with Crippen LogP contribution >= 0.6 is 11.3 Å². The summed E-state index contributed by atoms with van der Waals surface area (Å²) in [5, 5.41) is 18.7. The van der Waals surface area contributed by atoms with Crippen molar-refractivity contribution in [3.63, 3.8) is 0 Å². The van der Waals surface area contributed by atoms with E-state index in [0.29, 0.717) is 12.7 Å². The number of rotatable bonds is 6. The molecule has 2 aliphatic rings. The number of nitrogens with zero attached hydrogens (tertiary/aromatic N) is 2. The number of pyridine rings is 1. The first-order chi connectivity index (χ1) is 17.7. The van der Waals surface area contributed by atoms with Crippen LogP contribution in [0.5, 0.6) is 0 Å². The average Bonchev–Trinajstić information content (AvgIpc) is 3.49. The number of carbonyl (C=O) groups is 2. The summed E-state index contributed by atoms with van der Waals surface area (Å²) in [5.74, 6) is -5.51. The quantitative estimate of drug-likeness (QED) is 0.484. The molecule has 2 aromatic heterocycles. The Morgan fingerprint density at radius 1 is 1.13 bits per heavy atom. The van der Waals surface area contributed by atoms with Gasteiger partial charge in [0.25, 0.3) is 0 Å². The predicted octanol–water partition coefficient (Wildman–Crippen LogP) is 4.61. The number of alkyl halides is 6. The molecule has 0 amide bonds. The summed E-state index contributed by atoms with van der Waals surface area (Å²) in [5.41, 5.74) is 2.70. The maximum absolute atomic E-state index is 10.6. The Kier molecular flexibility index (Phi) is 11.5. The number of halogens is 6. The van der Waals surface area contributed by atoms with Crippen LogP contribution in [-0.2, 0) is 32.2 Å². The minimum Gasteiger partial charge on any atom is -0.475 e. The molecule has 4 heterocycles. The fraction of sp³-hybridized carbons (Fsp3) is 0.522. The lowest BCUT2D eigenvalue weighted by atomic mass is 9.77. The molecule has 0 aromatic carbocycles. The van der Waals surface area contributed by atoms with E-state index in [1.807, 2.05) is 12.3 Å². The molecule has 0 spiro atoms. The van der Waals surface area contributed by atoms with Crippen LogP contribution in [-0.4, -0.2) is 76.8 Å². The normalized spacial score (nSPS) is 21.4. The summed E-state index contributed by atoms with van der Waals surface area (Å²) in [6.07, 6.45) is -3.92. The van der Waals surface area contributed by atoms with Gasteiger partial charge in [-0.05, 0) is 46.9 Å². The molecule has 212 valence electrons. The Labute approximate surface area is 217 Å². The van der Waals surface area contributed by atoms with E-state index in [4.69, 9.17) is 29.3 Å². The SMILES string of the molecule is O=C(O)C(F)(F)F.O=C(O)C(F)(F)F.c1cncc(COC[C@@]23CCO[C@@H]2CCN(Cc2ccsc2)C3)c1. The predicted molar refractivity (Wildman–Crippen MR) is 122 cm³/mol. The van der Waals surface area contributed by atoms with Crippen LogP contribution in [0.15, 0.2) is 41.4 Å². The standard InChI is InChI=1S/C19H24N2O2S.2C2HF3O2/c1-2-16(10-20-6-1)12-22-15-19-5-8-23-18(19)3-7-21(14-19)11-17-4-9-24-13-17;2*3-2(4,5)1(6)7/h1-2,4,6,9-10,13,18H,3,5,7-8,11-12,14-15H2;2*(H,6,7)/t18-,19+;;/m1../s1. The molecular formula is C23H26F6N2O6S. The number of aliphatic carboxylic acids is 2. The lowest BCUT2D eigenvalue weighted by Crippen LogP contribution is -2.51. The van der Waals surface area contributed by atoms with Gasteiger partial charge in [0.15, 0.2) is 0 Å². The van der Waals surface area contributed by atoms with Gasteiger partial charge in [-0.2, -0.15) is 37.7 Å². The smallest absolute Gasteiger partial charge is 0.475 e. The van der Waals surface area contributed by atoms with Crippen molar-refractivity contribution >= 4 is 23.3 Å². The van der Waals surface area contributed by atoms with Crippen LogP contribution in [0.25, 0.3) is 0 Å². The molecule has 0 saturated carbocycles. The summed E-state index contributed by atoms with van der Waals surface area (Å²) in [6, 6.07) is 6.26. The third-order valence-corrected chi connectivity index (χ3v) is 6.43. The number of aromatic nitrogens is 1. The maximum Gasteiger partial charge on any atom is 0.490 e. The zero-order chi connectivity index (χ0) is 28.4. The Hall–Kier alpha value is -2.75. The largest absolute Gasteiger partial charge is 0.490 e. The highest BCUT2D eigenvalue weighted by atomic mass is 32.1. The van der Waals surface area contributed by atoms with E-state index < -0.39 is 24.3 Å². The molecule has 0 aliphatic carbocycles. The fourth-order valence-electron chi connectivity index (χ4n) is 3.98. The molecule has 2 fully saturated rings. The van der Waals surface area contributed by atoms with Gasteiger partial charge in [0.1, 0.15) is 0 Å². The Morgan fingerprint density at radius 2 is 1.79 bits per heavy atom. The van der Waals surface area contributed by atoms with Crippen molar-refractivity contribution in [1.29, 1.82) is 0 Å². The average molecular weight is 573 g/mol. The second-order valence-electron chi connectivity index (χ2n) is 8.56. The first-order valence-electron chi connectivity index (χ1n) is 11.1. The van der Waals surface area contributed by atoms with E-state index in [1.54, 1.807) is 17.5 Å². The van der Waals surface area contributed by atoms with E-state index in [0.717, 1.165) is 51.3 Å². The van der Waals surface area contributed by atoms with Crippen molar-refractivity contribution < 1.29 is 55.6 Å². The highest BCUT2D eigenvalue weighted by Gasteiger charge is 2.48. The molecule has 0 unspecified atom stereocenters. The van der Waals surface area contributed by atoms with Gasteiger partial charge < -0.3 is 19.7 Å². The molecule has 8 nitrogen and oxygen atoms in total. The van der Waals surface area contributed by atoms with Crippen LogP contribution in [0.4, 0.5) is 26.3 Å². The van der Waals surface area contributed by atoms with Gasteiger partial charge in [0, 0.05) is 44.0 Å². The van der Waals surface area contributed by atoms with Crippen LogP contribution in [0.3, 0.4) is 0 Å². The molecule has 2 aliphatic heterocycles. The highest BCUT2D eigenvalue weighted by Crippen LogP contribution is 2.41. The van der Waals surface area contributed by atoms with E-state index >= 15 is 0 Å². The van der Waals surface area contributed by atoms with Gasteiger partial charge in [-0.1, -0.05) is 6.07 Å². The second-order valence-corrected chi connectivity index (χ2v) is 9.34. The number of hydrogen-bond acceptors (Lipinski definition) is 7. The van der Waals surface area contributed by atoms with Crippen molar-refractivity contribution in [3.05, 3.63) is 52.5 Å². The van der Waals surface area contributed by atoms with Crippen LogP contribution in [0.2, 0.25) is 0 Å². The van der Waals surface area contributed by atoms with E-state index in [-0.39, 0.29) is 5.41 Å². The summed E-state index contributed by atoms with van der Waals surface area (Å²) in [7, 11) is 0. The fourth-order valence-corrected chi connectivity index (χ4v) is 4.64. The van der Waals surface area contributed by atoms with Crippen molar-refractivity contribution in [2.45, 2.75) is 44.4 Å². The summed E-state index contributed by atoms with van der Waals surface area (Å²) >= 11 is 1.78. The van der Waals surface area contributed by atoms with Gasteiger partial charge in [-0.3, -0.25) is 9.88 Å². The summed E-state index contributed by atoms with van der Waals surface area (Å²) < 4.78 is 75.6. The molecule has 2 N–H and O–H groups in total. The van der Waals surface area contributed by atoms with Crippen LogP contribution in [0, 0.1) is 5.41 Å². The number of thiophene rings is 1. The number of carboxylic acid groups (broad SMARTS) is 2. The number of fused-ring (bicyclic) bond motifs is 1. The third-order valence-electron chi connectivity index (χ3n) is 5.70. The molecule has 2 atom stereocenters. The molecule has 38 heavy (non-hydrogen) atoms. The van der Waals surface area contributed by atoms with Gasteiger partial charge >= 0.3 is 24.3 Å². The van der Waals surface area contributed by atoms with E-state index in [2.05, 4.69) is 32.8 Å². The van der Waals surface area contributed by atoms with Gasteiger partial charge in [0.05, 0.1) is 19.3 Å². The number of hydrogen-bond donors (Lipinski definition) is 2. The summed E-state index contributed by atoms with van der Waals surface area (Å²) in [6.45, 7) is 5.50. The highest BCUT2D eigenvalue weighted by molar-refractivity contribution is 7.07. The lowest BCUT2D eigenvalue weighted by Gasteiger charge is -2.43. The minimum absolute atomic E-state index is 0.149. The Balaban J connectivity index is 0.000000301. The molecule has 4 rings (SSSR count). The topological polar surface area (TPSA) is 109 Å². The molecule has 0 bridgehead atoms. The van der Waals surface area contributed by atoms with Crippen molar-refractivity contribution in [2.24, 2.45) is 5.41 Å². The second kappa shape index (κ2) is 13.9. The van der Waals surface area contributed by atoms with Gasteiger partial charge in [-0.25, -0.2) is 9.59 Å². The minimum atomic E-state index is -5.08. The first kappa shape index (κ1) is 31.5. The van der Waals surface area contributed by atoms with Crippen molar-refractivity contribution in [1.82, 2.24) is 9.88 Å². The zero-order valence-corrected chi connectivity index (χ0v) is 20.7. The molecule has 2 aromatic rings. The number of likely N-dealkylation sites (tertiary alicyclic amines) is 1. The monoisotopic (exact) mass is 572 g/mol. The van der Waals surface area contributed by atoms with E-state index in [9.17, 15) is 26.3 Å². The Bertz CT molecular complexity index is 982. The van der Waals surface area contributed by atoms with Gasteiger partial charge in [-0.15, -0.1) is 0 Å². The van der Waals surface area contributed by atoms with Crippen molar-refractivity contribution in [2.75, 3.05) is 26.3 Å². The number of ether oxygens (including phenoxy) is 2. The zero-order valence-electron chi connectivity index (χ0n) is 19.9. The first-order valence-corrected chi connectivity index (χ1v) is 12.1. The lowest BCUT2D eigenvalue weighted by molar-refractivity contribution is -0.193. The van der Waals surface area contributed by atoms with E-state index in [1.165, 1.54) is 5.56 Å². The molecule has 0 radical (unpaired) electrons. The molecule has 15 heteroatoms. The van der Waals surface area contributed by atoms with Crippen molar-refractivity contribution in [3.8, 4) is 0 Å². The molecular weight excluding hydrogens is 546 g/mol. The number of piperidine rings is 1. The Morgan fingerprint density at radius 3 is 2.32 bits per heavy atom. The van der Waals surface area contributed by atoms with Crippen LogP contribution in [0.1, 0.15) is 24.0 Å². The third kappa shape index (κ3) is 10.2. The summed E-state index contributed by atoms with van der Waals surface area (Å²) in [4.78, 5) is 24.5. The number of carboxylic acids is 2. The van der Waals surface area contributed by atoms with Gasteiger partial charge in [0.2, 0.25) is 0 Å². The maximum atomic E-state index is 10.6. The molecule has 2 saturated heterocycles. The van der Waals surface area contributed by atoms with Crippen LogP contribution < -0.4 is 0 Å².